The van der Waals surface area contributed by atoms with Gasteiger partial charge in [-0.25, -0.2) is 0 Å². The van der Waals surface area contributed by atoms with Crippen molar-refractivity contribution in [2.45, 2.75) is 45.6 Å². The number of hydrogen-bond acceptors (Lipinski definition) is 2. The average Bonchev–Trinajstić information content (AvgIpc) is 2.38. The summed E-state index contributed by atoms with van der Waals surface area (Å²) in [5.74, 6) is 0.713. The maximum absolute atomic E-state index is 11.2. The second-order valence-corrected chi connectivity index (χ2v) is 5.62. The average molecular weight is 245 g/mol. The van der Waals surface area contributed by atoms with Gasteiger partial charge in [-0.2, -0.15) is 0 Å². The molecule has 1 aliphatic carbocycles. The molecule has 0 spiro atoms. The van der Waals surface area contributed by atoms with Crippen molar-refractivity contribution in [3.63, 3.8) is 0 Å². The standard InChI is InChI=1S/C16H23NO/c1-12-8-9-16(14(10-12)11-18)17(3)15-7-5-4-6-13(15)2/h8-11,13,15H,4-7H2,1-3H3. The van der Waals surface area contributed by atoms with Gasteiger partial charge in [0.1, 0.15) is 0 Å². The Morgan fingerprint density at radius 2 is 2.00 bits per heavy atom. The molecule has 98 valence electrons. The number of carbonyl (C=O) groups is 1. The summed E-state index contributed by atoms with van der Waals surface area (Å²) < 4.78 is 0. The number of benzene rings is 1. The third kappa shape index (κ3) is 2.58. The molecule has 0 saturated heterocycles. The van der Waals surface area contributed by atoms with Gasteiger partial charge in [0.2, 0.25) is 0 Å². The molecule has 0 aromatic heterocycles. The molecule has 2 unspecified atom stereocenters. The number of anilines is 1. The molecule has 0 aliphatic heterocycles. The Morgan fingerprint density at radius 1 is 1.28 bits per heavy atom. The fourth-order valence-electron chi connectivity index (χ4n) is 3.14. The molecule has 1 aliphatic rings. The van der Waals surface area contributed by atoms with Crippen LogP contribution in [0.4, 0.5) is 5.69 Å². The minimum Gasteiger partial charge on any atom is -0.371 e. The second kappa shape index (κ2) is 5.55. The van der Waals surface area contributed by atoms with Crippen LogP contribution in [0.5, 0.6) is 0 Å². The molecule has 1 fully saturated rings. The zero-order chi connectivity index (χ0) is 13.1. The Kier molecular flexibility index (Phi) is 4.05. The van der Waals surface area contributed by atoms with Crippen LogP contribution in [0.15, 0.2) is 18.2 Å². The molecule has 2 heteroatoms. The van der Waals surface area contributed by atoms with Crippen LogP contribution in [0.1, 0.15) is 48.5 Å². The van der Waals surface area contributed by atoms with E-state index in [0.29, 0.717) is 12.0 Å². The van der Waals surface area contributed by atoms with Crippen molar-refractivity contribution in [3.05, 3.63) is 29.3 Å². The van der Waals surface area contributed by atoms with Crippen molar-refractivity contribution in [1.82, 2.24) is 0 Å². The monoisotopic (exact) mass is 245 g/mol. The molecule has 0 bridgehead atoms. The van der Waals surface area contributed by atoms with Gasteiger partial charge in [-0.05, 0) is 37.8 Å². The molecule has 1 aromatic rings. The molecule has 2 rings (SSSR count). The van der Waals surface area contributed by atoms with E-state index >= 15 is 0 Å². The second-order valence-electron chi connectivity index (χ2n) is 5.62. The minimum absolute atomic E-state index is 0.570. The van der Waals surface area contributed by atoms with Crippen LogP contribution in [0, 0.1) is 12.8 Å². The van der Waals surface area contributed by atoms with E-state index < -0.39 is 0 Å². The first kappa shape index (κ1) is 13.1. The number of aldehydes is 1. The zero-order valence-electron chi connectivity index (χ0n) is 11.6. The van der Waals surface area contributed by atoms with E-state index in [-0.39, 0.29) is 0 Å². The molecule has 18 heavy (non-hydrogen) atoms. The van der Waals surface area contributed by atoms with Gasteiger partial charge in [-0.15, -0.1) is 0 Å². The lowest BCUT2D eigenvalue weighted by Gasteiger charge is -2.38. The third-order valence-corrected chi connectivity index (χ3v) is 4.25. The highest BCUT2D eigenvalue weighted by Gasteiger charge is 2.26. The normalized spacial score (nSPS) is 23.7. The van der Waals surface area contributed by atoms with Crippen LogP contribution in [0.3, 0.4) is 0 Å². The number of hydrogen-bond donors (Lipinski definition) is 0. The first-order valence-electron chi connectivity index (χ1n) is 6.92. The molecule has 1 aromatic carbocycles. The SMILES string of the molecule is Cc1ccc(N(C)C2CCCCC2C)c(C=O)c1. The van der Waals surface area contributed by atoms with Crippen LogP contribution in [-0.4, -0.2) is 19.4 Å². The first-order chi connectivity index (χ1) is 8.63. The van der Waals surface area contributed by atoms with Crippen LogP contribution in [0.25, 0.3) is 0 Å². The number of rotatable bonds is 3. The Balaban J connectivity index is 2.27. The van der Waals surface area contributed by atoms with Gasteiger partial charge in [0.05, 0.1) is 0 Å². The molecule has 0 heterocycles. The number of carbonyl (C=O) groups excluding carboxylic acids is 1. The maximum Gasteiger partial charge on any atom is 0.152 e. The van der Waals surface area contributed by atoms with Crippen molar-refractivity contribution in [2.75, 3.05) is 11.9 Å². The molecule has 1 saturated carbocycles. The Labute approximate surface area is 110 Å². The minimum atomic E-state index is 0.570. The fraction of sp³-hybridized carbons (Fsp3) is 0.562. The van der Waals surface area contributed by atoms with E-state index in [1.165, 1.54) is 25.7 Å². The lowest BCUT2D eigenvalue weighted by atomic mass is 9.84. The van der Waals surface area contributed by atoms with E-state index in [9.17, 15) is 4.79 Å². The molecule has 0 radical (unpaired) electrons. The summed E-state index contributed by atoms with van der Waals surface area (Å²) >= 11 is 0. The smallest absolute Gasteiger partial charge is 0.152 e. The molecule has 2 nitrogen and oxygen atoms in total. The van der Waals surface area contributed by atoms with Gasteiger partial charge in [0.15, 0.2) is 6.29 Å². The number of nitrogens with zero attached hydrogens (tertiary/aromatic N) is 1. The summed E-state index contributed by atoms with van der Waals surface area (Å²) in [7, 11) is 2.13. The molecular formula is C16H23NO. The summed E-state index contributed by atoms with van der Waals surface area (Å²) in [6.07, 6.45) is 6.18. The summed E-state index contributed by atoms with van der Waals surface area (Å²) in [5.41, 5.74) is 3.04. The van der Waals surface area contributed by atoms with Gasteiger partial charge in [-0.1, -0.05) is 31.4 Å². The quantitative estimate of drug-likeness (QED) is 0.754. The van der Waals surface area contributed by atoms with Crippen molar-refractivity contribution in [3.8, 4) is 0 Å². The third-order valence-electron chi connectivity index (χ3n) is 4.25. The fourth-order valence-corrected chi connectivity index (χ4v) is 3.14. The van der Waals surface area contributed by atoms with Crippen molar-refractivity contribution < 1.29 is 4.79 Å². The Bertz CT molecular complexity index is 427. The van der Waals surface area contributed by atoms with Crippen LogP contribution in [0.2, 0.25) is 0 Å². The van der Waals surface area contributed by atoms with E-state index in [1.807, 2.05) is 13.0 Å². The highest BCUT2D eigenvalue weighted by atomic mass is 16.1. The van der Waals surface area contributed by atoms with Gasteiger partial charge in [-0.3, -0.25) is 4.79 Å². The topological polar surface area (TPSA) is 20.3 Å². The van der Waals surface area contributed by atoms with Gasteiger partial charge in [0, 0.05) is 24.3 Å². The summed E-state index contributed by atoms with van der Waals surface area (Å²) in [6, 6.07) is 6.72. The lowest BCUT2D eigenvalue weighted by Crippen LogP contribution is -2.39. The van der Waals surface area contributed by atoms with Crippen LogP contribution < -0.4 is 4.90 Å². The Morgan fingerprint density at radius 3 is 2.67 bits per heavy atom. The van der Waals surface area contributed by atoms with Gasteiger partial charge < -0.3 is 4.90 Å². The maximum atomic E-state index is 11.2. The van der Waals surface area contributed by atoms with E-state index in [4.69, 9.17) is 0 Å². The van der Waals surface area contributed by atoms with E-state index in [2.05, 4.69) is 31.0 Å². The zero-order valence-corrected chi connectivity index (χ0v) is 11.6. The number of aryl methyl sites for hydroxylation is 1. The van der Waals surface area contributed by atoms with Crippen molar-refractivity contribution >= 4 is 12.0 Å². The molecule has 0 amide bonds. The molecule has 0 N–H and O–H groups in total. The van der Waals surface area contributed by atoms with Crippen LogP contribution >= 0.6 is 0 Å². The van der Waals surface area contributed by atoms with Gasteiger partial charge in [0.25, 0.3) is 0 Å². The predicted octanol–water partition coefficient (Wildman–Crippen LogP) is 3.82. The largest absolute Gasteiger partial charge is 0.371 e. The summed E-state index contributed by atoms with van der Waals surface area (Å²) in [6.45, 7) is 4.36. The molecule has 2 atom stereocenters. The lowest BCUT2D eigenvalue weighted by molar-refractivity contribution is 0.112. The van der Waals surface area contributed by atoms with Gasteiger partial charge >= 0.3 is 0 Å². The van der Waals surface area contributed by atoms with E-state index in [0.717, 1.165) is 23.1 Å². The van der Waals surface area contributed by atoms with Crippen molar-refractivity contribution in [1.29, 1.82) is 0 Å². The molecular weight excluding hydrogens is 222 g/mol. The first-order valence-corrected chi connectivity index (χ1v) is 6.92. The van der Waals surface area contributed by atoms with Crippen LogP contribution in [-0.2, 0) is 0 Å². The highest BCUT2D eigenvalue weighted by Crippen LogP contribution is 2.31. The summed E-state index contributed by atoms with van der Waals surface area (Å²) in [4.78, 5) is 13.5. The summed E-state index contributed by atoms with van der Waals surface area (Å²) in [5, 5.41) is 0. The highest BCUT2D eigenvalue weighted by molar-refractivity contribution is 5.85. The predicted molar refractivity (Wildman–Crippen MR) is 76.4 cm³/mol. The van der Waals surface area contributed by atoms with E-state index in [1.54, 1.807) is 0 Å². The van der Waals surface area contributed by atoms with Crippen molar-refractivity contribution in [2.24, 2.45) is 5.92 Å². The Hall–Kier alpha value is -1.31.